The lowest BCUT2D eigenvalue weighted by molar-refractivity contribution is -0.198. The molecular formula is C29H42N6O5. The number of aromatic nitrogens is 3. The van der Waals surface area contributed by atoms with Gasteiger partial charge in [0.2, 0.25) is 0 Å². The van der Waals surface area contributed by atoms with Gasteiger partial charge in [0.25, 0.3) is 0 Å². The summed E-state index contributed by atoms with van der Waals surface area (Å²) < 4.78 is 32.4. The molecule has 3 aromatic rings. The molecule has 2 aliphatic rings. The minimum absolute atomic E-state index is 0.156. The maximum Gasteiger partial charge on any atom is 0.164 e. The van der Waals surface area contributed by atoms with Crippen LogP contribution in [0.15, 0.2) is 36.8 Å². The standard InChI is InChI=1S/C29H42N6O5/c1-18(2)34(12-7-11-30)16-23-24-25(40-29(3,4)39-24)28(38-23)35-13-10-21-26(32-17-33-27(21)35)31-15-19-8-9-20(36-5)14-22(19)37-6/h8-10,13-14,17-18,23-25,28H,7,11-12,15-16,30H2,1-6H3,(H,31,32,33)/t23-,24-,25-,28-/m1/s1. The Labute approximate surface area is 235 Å². The van der Waals surface area contributed by atoms with Crippen LogP contribution < -0.4 is 20.5 Å². The van der Waals surface area contributed by atoms with E-state index in [2.05, 4.69) is 34.0 Å². The van der Waals surface area contributed by atoms with Crippen molar-refractivity contribution in [2.75, 3.05) is 39.2 Å². The Kier molecular flexibility index (Phi) is 8.48. The molecule has 0 aliphatic carbocycles. The van der Waals surface area contributed by atoms with Crippen molar-refractivity contribution in [2.45, 2.75) is 77.0 Å². The highest BCUT2D eigenvalue weighted by molar-refractivity contribution is 5.87. The van der Waals surface area contributed by atoms with E-state index in [-0.39, 0.29) is 24.5 Å². The highest BCUT2D eigenvalue weighted by Gasteiger charge is 2.56. The molecule has 218 valence electrons. The average Bonchev–Trinajstić information content (AvgIpc) is 3.60. The van der Waals surface area contributed by atoms with E-state index in [0.717, 1.165) is 53.4 Å². The molecule has 0 amide bonds. The molecule has 4 heterocycles. The molecule has 0 bridgehead atoms. The van der Waals surface area contributed by atoms with Crippen molar-refractivity contribution < 1.29 is 23.7 Å². The maximum absolute atomic E-state index is 6.69. The molecule has 40 heavy (non-hydrogen) atoms. The Balaban J connectivity index is 1.39. The predicted molar refractivity (Wildman–Crippen MR) is 153 cm³/mol. The highest BCUT2D eigenvalue weighted by Crippen LogP contribution is 2.44. The van der Waals surface area contributed by atoms with Crippen LogP contribution in [-0.2, 0) is 20.8 Å². The van der Waals surface area contributed by atoms with Gasteiger partial charge in [-0.05, 0) is 65.4 Å². The van der Waals surface area contributed by atoms with Crippen molar-refractivity contribution in [1.29, 1.82) is 0 Å². The van der Waals surface area contributed by atoms with Crippen molar-refractivity contribution in [2.24, 2.45) is 5.73 Å². The van der Waals surface area contributed by atoms with Crippen molar-refractivity contribution in [3.63, 3.8) is 0 Å². The first kappa shape index (κ1) is 28.6. The summed E-state index contributed by atoms with van der Waals surface area (Å²) in [5.74, 6) is 1.52. The zero-order chi connectivity index (χ0) is 28.4. The van der Waals surface area contributed by atoms with Crippen molar-refractivity contribution >= 4 is 16.9 Å². The normalized spacial score (nSPS) is 23.7. The topological polar surface area (TPSA) is 118 Å². The van der Waals surface area contributed by atoms with Crippen molar-refractivity contribution in [3.8, 4) is 11.5 Å². The number of hydrogen-bond acceptors (Lipinski definition) is 10. The first-order valence-corrected chi connectivity index (χ1v) is 14.0. The average molecular weight is 555 g/mol. The van der Waals surface area contributed by atoms with Gasteiger partial charge in [-0.3, -0.25) is 4.90 Å². The van der Waals surface area contributed by atoms with Crippen LogP contribution in [0.4, 0.5) is 5.82 Å². The minimum Gasteiger partial charge on any atom is -0.497 e. The number of rotatable bonds is 12. The van der Waals surface area contributed by atoms with Gasteiger partial charge in [0, 0.05) is 37.0 Å². The van der Waals surface area contributed by atoms with Crippen LogP contribution in [0.3, 0.4) is 0 Å². The van der Waals surface area contributed by atoms with Crippen LogP contribution in [0.5, 0.6) is 11.5 Å². The number of fused-ring (bicyclic) bond motifs is 2. The van der Waals surface area contributed by atoms with Crippen molar-refractivity contribution in [3.05, 3.63) is 42.4 Å². The van der Waals surface area contributed by atoms with Crippen LogP contribution in [0, 0.1) is 0 Å². The highest BCUT2D eigenvalue weighted by atomic mass is 16.8. The molecule has 11 heteroatoms. The number of nitrogens with zero attached hydrogens (tertiary/aromatic N) is 4. The van der Waals surface area contributed by atoms with Crippen LogP contribution in [-0.4, -0.2) is 83.4 Å². The quantitative estimate of drug-likeness (QED) is 0.344. The molecule has 5 rings (SSSR count). The van der Waals surface area contributed by atoms with Gasteiger partial charge in [0.15, 0.2) is 12.0 Å². The smallest absolute Gasteiger partial charge is 0.164 e. The summed E-state index contributed by atoms with van der Waals surface area (Å²) in [5.41, 5.74) is 7.56. The monoisotopic (exact) mass is 554 g/mol. The second-order valence-corrected chi connectivity index (χ2v) is 11.1. The Morgan fingerprint density at radius 3 is 2.65 bits per heavy atom. The molecule has 2 aliphatic heterocycles. The third-order valence-electron chi connectivity index (χ3n) is 7.64. The summed E-state index contributed by atoms with van der Waals surface area (Å²) in [7, 11) is 3.29. The molecule has 2 saturated heterocycles. The van der Waals surface area contributed by atoms with Gasteiger partial charge in [0.05, 0.1) is 19.6 Å². The van der Waals surface area contributed by atoms with Gasteiger partial charge < -0.3 is 39.3 Å². The zero-order valence-electron chi connectivity index (χ0n) is 24.3. The fraction of sp³-hybridized carbons (Fsp3) is 0.586. The molecule has 4 atom stereocenters. The number of methoxy groups -OCH3 is 2. The Hall–Kier alpha value is -2.96. The van der Waals surface area contributed by atoms with E-state index in [4.69, 9.17) is 29.4 Å². The van der Waals surface area contributed by atoms with E-state index >= 15 is 0 Å². The lowest BCUT2D eigenvalue weighted by Gasteiger charge is -2.31. The largest absolute Gasteiger partial charge is 0.497 e. The summed E-state index contributed by atoms with van der Waals surface area (Å²) in [6.45, 7) is 11.1. The summed E-state index contributed by atoms with van der Waals surface area (Å²) in [6.07, 6.45) is 3.49. The molecule has 0 spiro atoms. The van der Waals surface area contributed by atoms with Gasteiger partial charge in [-0.1, -0.05) is 0 Å². The predicted octanol–water partition coefficient (Wildman–Crippen LogP) is 3.54. The third-order valence-corrected chi connectivity index (χ3v) is 7.64. The Bertz CT molecular complexity index is 1300. The number of benzene rings is 1. The zero-order valence-corrected chi connectivity index (χ0v) is 24.3. The molecule has 0 radical (unpaired) electrons. The Morgan fingerprint density at radius 1 is 1.12 bits per heavy atom. The maximum atomic E-state index is 6.69. The fourth-order valence-corrected chi connectivity index (χ4v) is 5.61. The number of nitrogens with two attached hydrogens (primary N) is 1. The molecule has 0 saturated carbocycles. The minimum atomic E-state index is -0.697. The van der Waals surface area contributed by atoms with Gasteiger partial charge in [0.1, 0.15) is 47.6 Å². The molecule has 1 aromatic carbocycles. The van der Waals surface area contributed by atoms with Crippen LogP contribution in [0.2, 0.25) is 0 Å². The lowest BCUT2D eigenvalue weighted by Crippen LogP contribution is -2.43. The molecule has 2 fully saturated rings. The van der Waals surface area contributed by atoms with E-state index in [1.165, 1.54) is 0 Å². The summed E-state index contributed by atoms with van der Waals surface area (Å²) in [4.78, 5) is 11.6. The second-order valence-electron chi connectivity index (χ2n) is 11.1. The van der Waals surface area contributed by atoms with Gasteiger partial charge in [-0.2, -0.15) is 0 Å². The number of nitrogens with one attached hydrogen (secondary N) is 1. The SMILES string of the molecule is COc1ccc(CNc2ncnc3c2ccn3[C@@H]2O[C@H](CN(CCCN)C(C)C)[C@H]3OC(C)(C)O[C@H]32)c(OC)c1. The second kappa shape index (κ2) is 11.9. The molecule has 11 nitrogen and oxygen atoms in total. The van der Waals surface area contributed by atoms with Gasteiger partial charge >= 0.3 is 0 Å². The number of ether oxygens (including phenoxy) is 5. The van der Waals surface area contributed by atoms with Crippen LogP contribution in [0.1, 0.15) is 45.9 Å². The third kappa shape index (κ3) is 5.75. The molecule has 0 unspecified atom stereocenters. The van der Waals surface area contributed by atoms with E-state index in [1.54, 1.807) is 20.5 Å². The summed E-state index contributed by atoms with van der Waals surface area (Å²) in [5, 5.41) is 4.34. The first-order chi connectivity index (χ1) is 19.2. The van der Waals surface area contributed by atoms with Crippen LogP contribution in [0.25, 0.3) is 11.0 Å². The van der Waals surface area contributed by atoms with Crippen molar-refractivity contribution in [1.82, 2.24) is 19.4 Å². The van der Waals surface area contributed by atoms with Gasteiger partial charge in [-0.15, -0.1) is 0 Å². The molecule has 3 N–H and O–H groups in total. The van der Waals surface area contributed by atoms with E-state index < -0.39 is 5.79 Å². The Morgan fingerprint density at radius 2 is 1.93 bits per heavy atom. The fourth-order valence-electron chi connectivity index (χ4n) is 5.61. The van der Waals surface area contributed by atoms with E-state index in [9.17, 15) is 0 Å². The van der Waals surface area contributed by atoms with Crippen LogP contribution >= 0.6 is 0 Å². The van der Waals surface area contributed by atoms with E-state index in [1.807, 2.05) is 48.9 Å². The number of hydrogen-bond donors (Lipinski definition) is 2. The molecular weight excluding hydrogens is 512 g/mol. The first-order valence-electron chi connectivity index (χ1n) is 14.0. The summed E-state index contributed by atoms with van der Waals surface area (Å²) >= 11 is 0. The molecule has 2 aromatic heterocycles. The lowest BCUT2D eigenvalue weighted by atomic mass is 10.1. The number of anilines is 1. The van der Waals surface area contributed by atoms with E-state index in [0.29, 0.717) is 19.1 Å². The van der Waals surface area contributed by atoms with Gasteiger partial charge in [-0.25, -0.2) is 9.97 Å². The summed E-state index contributed by atoms with van der Waals surface area (Å²) in [6, 6.07) is 8.14.